The lowest BCUT2D eigenvalue weighted by atomic mass is 10.2. The van der Waals surface area contributed by atoms with Crippen LogP contribution in [0, 0.1) is 0 Å². The molecule has 0 saturated heterocycles. The summed E-state index contributed by atoms with van der Waals surface area (Å²) in [4.78, 5) is 16.5. The number of nitrogens with zero attached hydrogens (tertiary/aromatic N) is 1. The van der Waals surface area contributed by atoms with Crippen molar-refractivity contribution in [3.05, 3.63) is 83.1 Å². The van der Waals surface area contributed by atoms with Gasteiger partial charge in [-0.15, -0.1) is 0 Å². The predicted molar refractivity (Wildman–Crippen MR) is 104 cm³/mol. The Labute approximate surface area is 157 Å². The van der Waals surface area contributed by atoms with Crippen LogP contribution in [0.4, 0.5) is 11.4 Å². The third-order valence-corrected chi connectivity index (χ3v) is 3.99. The maximum Gasteiger partial charge on any atom is 0.274 e. The topological polar surface area (TPSA) is 63.2 Å². The van der Waals surface area contributed by atoms with Gasteiger partial charge >= 0.3 is 0 Å². The van der Waals surface area contributed by atoms with Crippen molar-refractivity contribution in [1.29, 1.82) is 0 Å². The first kappa shape index (κ1) is 17.8. The van der Waals surface area contributed by atoms with E-state index >= 15 is 0 Å². The van der Waals surface area contributed by atoms with Crippen LogP contribution in [0.1, 0.15) is 16.1 Å². The molecule has 0 aliphatic rings. The normalized spacial score (nSPS) is 10.2. The average Bonchev–Trinajstić information content (AvgIpc) is 2.67. The molecule has 0 saturated carbocycles. The molecule has 1 aromatic heterocycles. The maximum absolute atomic E-state index is 12.2. The van der Waals surface area contributed by atoms with Crippen LogP contribution >= 0.6 is 11.6 Å². The monoisotopic (exact) mass is 367 g/mol. The quantitative estimate of drug-likeness (QED) is 0.668. The molecule has 1 amide bonds. The van der Waals surface area contributed by atoms with E-state index in [-0.39, 0.29) is 5.91 Å². The summed E-state index contributed by atoms with van der Waals surface area (Å²) in [5.74, 6) is 0.536. The number of pyridine rings is 1. The Morgan fingerprint density at radius 1 is 1.08 bits per heavy atom. The third-order valence-electron chi connectivity index (χ3n) is 3.75. The lowest BCUT2D eigenvalue weighted by Crippen LogP contribution is -2.13. The standard InChI is InChI=1S/C20H18ClN3O2/c1-26-19-8-3-2-5-14(19)12-22-17-9-10-18(23-13-17)20(25)24-16-7-4-6-15(21)11-16/h2-11,13,22H,12H2,1H3,(H,24,25). The van der Waals surface area contributed by atoms with Crippen LogP contribution in [-0.4, -0.2) is 18.0 Å². The zero-order chi connectivity index (χ0) is 18.4. The summed E-state index contributed by atoms with van der Waals surface area (Å²) in [7, 11) is 1.65. The summed E-state index contributed by atoms with van der Waals surface area (Å²) < 4.78 is 5.33. The van der Waals surface area contributed by atoms with Gasteiger partial charge in [0.1, 0.15) is 11.4 Å². The molecule has 0 aliphatic carbocycles. The van der Waals surface area contributed by atoms with Crippen molar-refractivity contribution in [3.8, 4) is 5.75 Å². The van der Waals surface area contributed by atoms with E-state index < -0.39 is 0 Å². The summed E-state index contributed by atoms with van der Waals surface area (Å²) in [5.41, 5.74) is 2.81. The summed E-state index contributed by atoms with van der Waals surface area (Å²) in [5, 5.41) is 6.60. The van der Waals surface area contributed by atoms with Gasteiger partial charge in [0.25, 0.3) is 5.91 Å². The van der Waals surface area contributed by atoms with Crippen molar-refractivity contribution in [3.63, 3.8) is 0 Å². The Morgan fingerprint density at radius 2 is 1.92 bits per heavy atom. The summed E-state index contributed by atoms with van der Waals surface area (Å²) in [6, 6.07) is 18.3. The number of carbonyl (C=O) groups excluding carboxylic acids is 1. The molecule has 0 fully saturated rings. The number of halogens is 1. The van der Waals surface area contributed by atoms with Crippen molar-refractivity contribution in [1.82, 2.24) is 4.98 Å². The molecule has 2 aromatic carbocycles. The van der Waals surface area contributed by atoms with E-state index in [4.69, 9.17) is 16.3 Å². The second-order valence-electron chi connectivity index (χ2n) is 5.56. The number of para-hydroxylation sites is 1. The van der Waals surface area contributed by atoms with Crippen LogP contribution in [0.3, 0.4) is 0 Å². The highest BCUT2D eigenvalue weighted by Gasteiger charge is 2.08. The fraction of sp³-hybridized carbons (Fsp3) is 0.100. The van der Waals surface area contributed by atoms with Crippen LogP contribution in [0.2, 0.25) is 5.02 Å². The largest absolute Gasteiger partial charge is 0.496 e. The van der Waals surface area contributed by atoms with E-state index in [2.05, 4.69) is 15.6 Å². The second-order valence-corrected chi connectivity index (χ2v) is 6.00. The van der Waals surface area contributed by atoms with Gasteiger partial charge in [0.05, 0.1) is 19.0 Å². The predicted octanol–water partition coefficient (Wildman–Crippen LogP) is 4.61. The van der Waals surface area contributed by atoms with Gasteiger partial charge < -0.3 is 15.4 Å². The number of amides is 1. The molecule has 0 radical (unpaired) electrons. The first-order chi connectivity index (χ1) is 12.7. The van der Waals surface area contributed by atoms with Crippen LogP contribution in [-0.2, 0) is 6.54 Å². The van der Waals surface area contributed by atoms with Gasteiger partial charge in [0.15, 0.2) is 0 Å². The molecule has 0 spiro atoms. The number of hydrogen-bond donors (Lipinski definition) is 2. The molecule has 2 N–H and O–H groups in total. The number of methoxy groups -OCH3 is 1. The number of rotatable bonds is 6. The number of anilines is 2. The molecule has 132 valence electrons. The second kappa shape index (κ2) is 8.36. The highest BCUT2D eigenvalue weighted by atomic mass is 35.5. The molecule has 1 heterocycles. The van der Waals surface area contributed by atoms with Crippen molar-refractivity contribution in [2.75, 3.05) is 17.7 Å². The van der Waals surface area contributed by atoms with E-state index in [0.717, 1.165) is 17.0 Å². The van der Waals surface area contributed by atoms with Gasteiger partial charge in [-0.2, -0.15) is 0 Å². The van der Waals surface area contributed by atoms with E-state index in [0.29, 0.717) is 22.9 Å². The average molecular weight is 368 g/mol. The number of nitrogens with one attached hydrogen (secondary N) is 2. The van der Waals surface area contributed by atoms with Gasteiger partial charge in [-0.05, 0) is 36.4 Å². The summed E-state index contributed by atoms with van der Waals surface area (Å²) in [6.07, 6.45) is 1.63. The first-order valence-electron chi connectivity index (χ1n) is 8.04. The van der Waals surface area contributed by atoms with Crippen molar-refractivity contribution >= 4 is 28.9 Å². The molecule has 26 heavy (non-hydrogen) atoms. The maximum atomic E-state index is 12.2. The Balaban J connectivity index is 1.62. The van der Waals surface area contributed by atoms with E-state index in [9.17, 15) is 4.79 Å². The van der Waals surface area contributed by atoms with Gasteiger partial charge in [0.2, 0.25) is 0 Å². The van der Waals surface area contributed by atoms with Crippen LogP contribution < -0.4 is 15.4 Å². The molecule has 3 rings (SSSR count). The lowest BCUT2D eigenvalue weighted by Gasteiger charge is -2.10. The minimum Gasteiger partial charge on any atom is -0.496 e. The highest BCUT2D eigenvalue weighted by molar-refractivity contribution is 6.30. The smallest absolute Gasteiger partial charge is 0.274 e. The van der Waals surface area contributed by atoms with Gasteiger partial charge in [0, 0.05) is 22.8 Å². The minimum atomic E-state index is -0.288. The molecular formula is C20H18ClN3O2. The Morgan fingerprint density at radius 3 is 2.65 bits per heavy atom. The lowest BCUT2D eigenvalue weighted by molar-refractivity contribution is 0.102. The third kappa shape index (κ3) is 4.52. The zero-order valence-corrected chi connectivity index (χ0v) is 15.0. The number of aromatic nitrogens is 1. The van der Waals surface area contributed by atoms with Gasteiger partial charge in [-0.25, -0.2) is 4.98 Å². The fourth-order valence-electron chi connectivity index (χ4n) is 2.44. The highest BCUT2D eigenvalue weighted by Crippen LogP contribution is 2.19. The fourth-order valence-corrected chi connectivity index (χ4v) is 2.63. The molecule has 0 atom stereocenters. The number of ether oxygens (including phenoxy) is 1. The molecule has 5 nitrogen and oxygen atoms in total. The van der Waals surface area contributed by atoms with Gasteiger partial charge in [-0.1, -0.05) is 35.9 Å². The minimum absolute atomic E-state index is 0.288. The summed E-state index contributed by atoms with van der Waals surface area (Å²) in [6.45, 7) is 0.597. The van der Waals surface area contributed by atoms with Crippen molar-refractivity contribution in [2.45, 2.75) is 6.54 Å². The zero-order valence-electron chi connectivity index (χ0n) is 14.2. The number of hydrogen-bond acceptors (Lipinski definition) is 4. The van der Waals surface area contributed by atoms with Crippen molar-refractivity contribution < 1.29 is 9.53 Å². The SMILES string of the molecule is COc1ccccc1CNc1ccc(C(=O)Nc2cccc(Cl)c2)nc1. The van der Waals surface area contributed by atoms with Gasteiger partial charge in [-0.3, -0.25) is 4.79 Å². The Bertz CT molecular complexity index is 898. The number of carbonyl (C=O) groups is 1. The van der Waals surface area contributed by atoms with Crippen molar-refractivity contribution in [2.24, 2.45) is 0 Å². The Kier molecular flexibility index (Phi) is 5.71. The Hall–Kier alpha value is -3.05. The molecular weight excluding hydrogens is 350 g/mol. The van der Waals surface area contributed by atoms with Crippen LogP contribution in [0.5, 0.6) is 5.75 Å². The number of benzene rings is 2. The summed E-state index contributed by atoms with van der Waals surface area (Å²) >= 11 is 5.92. The molecule has 0 unspecified atom stereocenters. The first-order valence-corrected chi connectivity index (χ1v) is 8.42. The molecule has 6 heteroatoms. The van der Waals surface area contributed by atoms with Crippen LogP contribution in [0.15, 0.2) is 66.9 Å². The van der Waals surface area contributed by atoms with E-state index in [1.807, 2.05) is 30.3 Å². The molecule has 0 aliphatic heterocycles. The molecule has 0 bridgehead atoms. The molecule has 3 aromatic rings. The van der Waals surface area contributed by atoms with E-state index in [1.54, 1.807) is 43.6 Å². The van der Waals surface area contributed by atoms with E-state index in [1.165, 1.54) is 0 Å². The van der Waals surface area contributed by atoms with Crippen LogP contribution in [0.25, 0.3) is 0 Å².